The van der Waals surface area contributed by atoms with Crippen LogP contribution < -0.4 is 9.33 Å². The summed E-state index contributed by atoms with van der Waals surface area (Å²) in [5.74, 6) is 0.804. The van der Waals surface area contributed by atoms with Crippen LogP contribution >= 0.6 is 0 Å². The molecule has 0 bridgehead atoms. The molecule has 0 N–H and O–H groups in total. The number of hydrogen-bond donors (Lipinski definition) is 0. The number of Topliss-reactive ketones (excluding diaryl/α,β-unsaturated/α-hetero) is 1. The molecule has 1 aromatic rings. The molecule has 0 saturated heterocycles. The number of para-hydroxylation sites is 1. The maximum absolute atomic E-state index is 12.6. The van der Waals surface area contributed by atoms with Crippen LogP contribution in [0.2, 0.25) is 13.1 Å². The molecule has 0 atom stereocenters. The van der Waals surface area contributed by atoms with Gasteiger partial charge in [-0.1, -0.05) is 32.9 Å². The van der Waals surface area contributed by atoms with Gasteiger partial charge in [0.25, 0.3) is 9.04 Å². The lowest BCUT2D eigenvalue weighted by Crippen LogP contribution is -2.32. The zero-order valence-electron chi connectivity index (χ0n) is 16.0. The third-order valence-corrected chi connectivity index (χ3v) is 4.32. The Balaban J connectivity index is 3.33. The summed E-state index contributed by atoms with van der Waals surface area (Å²) in [5, 5.41) is 0. The fourth-order valence-corrected chi connectivity index (χ4v) is 3.16. The molecule has 0 fully saturated rings. The van der Waals surface area contributed by atoms with E-state index in [2.05, 4.69) is 39.9 Å². The van der Waals surface area contributed by atoms with Gasteiger partial charge in [0.05, 0.1) is 5.69 Å². The molecule has 1 rings (SSSR count). The molecular formula is C19H30NO3Si. The van der Waals surface area contributed by atoms with E-state index >= 15 is 0 Å². The molecule has 5 heteroatoms. The number of rotatable bonds is 7. The summed E-state index contributed by atoms with van der Waals surface area (Å²) >= 11 is 0. The second-order valence-electron chi connectivity index (χ2n) is 7.25. The number of carbonyl (C=O) groups is 2. The van der Waals surface area contributed by atoms with Crippen molar-refractivity contribution >= 4 is 26.4 Å². The monoisotopic (exact) mass is 348 g/mol. The molecule has 1 radical (unpaired) electrons. The highest BCUT2D eigenvalue weighted by Crippen LogP contribution is 2.39. The number of nitrogens with zero attached hydrogens (tertiary/aromatic N) is 1. The molecular weight excluding hydrogens is 318 g/mol. The summed E-state index contributed by atoms with van der Waals surface area (Å²) in [6, 6.07) is 5.98. The molecule has 0 saturated carbocycles. The van der Waals surface area contributed by atoms with Crippen LogP contribution in [0.25, 0.3) is 0 Å². The minimum atomic E-state index is -0.974. The Morgan fingerprint density at radius 2 is 1.79 bits per heavy atom. The van der Waals surface area contributed by atoms with Crippen molar-refractivity contribution < 1.29 is 14.0 Å². The average Bonchev–Trinajstić information content (AvgIpc) is 2.45. The van der Waals surface area contributed by atoms with E-state index in [0.29, 0.717) is 6.54 Å². The second-order valence-corrected chi connectivity index (χ2v) is 9.27. The van der Waals surface area contributed by atoms with Crippen molar-refractivity contribution in [2.24, 2.45) is 0 Å². The molecule has 0 unspecified atom stereocenters. The van der Waals surface area contributed by atoms with Crippen molar-refractivity contribution in [3.63, 3.8) is 0 Å². The second kappa shape index (κ2) is 8.47. The topological polar surface area (TPSA) is 46.6 Å². The van der Waals surface area contributed by atoms with Gasteiger partial charge in [0.2, 0.25) is 5.91 Å². The first-order chi connectivity index (χ1) is 11.1. The third kappa shape index (κ3) is 5.48. The van der Waals surface area contributed by atoms with Crippen LogP contribution in [0.4, 0.5) is 5.69 Å². The van der Waals surface area contributed by atoms with Gasteiger partial charge in [-0.3, -0.25) is 4.79 Å². The van der Waals surface area contributed by atoms with Crippen LogP contribution in [0.1, 0.15) is 53.0 Å². The van der Waals surface area contributed by atoms with Crippen LogP contribution in [0.15, 0.2) is 18.2 Å². The smallest absolute Gasteiger partial charge is 0.274 e. The lowest BCUT2D eigenvalue weighted by atomic mass is 9.86. The zero-order chi connectivity index (χ0) is 18.5. The molecule has 1 amide bonds. The predicted molar refractivity (Wildman–Crippen MR) is 101 cm³/mol. The van der Waals surface area contributed by atoms with Gasteiger partial charge < -0.3 is 14.1 Å². The Labute approximate surface area is 147 Å². The van der Waals surface area contributed by atoms with Gasteiger partial charge in [-0.25, -0.2) is 0 Å². The van der Waals surface area contributed by atoms with Crippen molar-refractivity contribution in [1.82, 2.24) is 0 Å². The molecule has 4 nitrogen and oxygen atoms in total. The van der Waals surface area contributed by atoms with E-state index in [-0.39, 0.29) is 29.9 Å². The largest absolute Gasteiger partial charge is 0.541 e. The van der Waals surface area contributed by atoms with Crippen LogP contribution in [0, 0.1) is 0 Å². The molecule has 0 heterocycles. The molecule has 1 aromatic carbocycles. The SMILES string of the molecule is CCN(C(=O)CCC(C)=O)c1cccc(C(C)(C)C)c1O[Si](C)C. The summed E-state index contributed by atoms with van der Waals surface area (Å²) < 4.78 is 6.20. The molecule has 0 aliphatic rings. The van der Waals surface area contributed by atoms with Crippen LogP contribution in [0.5, 0.6) is 5.75 Å². The first-order valence-electron chi connectivity index (χ1n) is 8.49. The number of anilines is 1. The summed E-state index contributed by atoms with van der Waals surface area (Å²) in [6.45, 7) is 14.6. The number of carbonyl (C=O) groups excluding carboxylic acids is 2. The Morgan fingerprint density at radius 3 is 2.25 bits per heavy atom. The Hall–Kier alpha value is -1.62. The number of ketones is 1. The fraction of sp³-hybridized carbons (Fsp3) is 0.579. The van der Waals surface area contributed by atoms with Gasteiger partial charge in [0, 0.05) is 24.9 Å². The quantitative estimate of drug-likeness (QED) is 0.689. The van der Waals surface area contributed by atoms with Crippen molar-refractivity contribution in [3.8, 4) is 5.75 Å². The Kier molecular flexibility index (Phi) is 7.20. The van der Waals surface area contributed by atoms with Crippen molar-refractivity contribution in [1.29, 1.82) is 0 Å². The molecule has 24 heavy (non-hydrogen) atoms. The summed E-state index contributed by atoms with van der Waals surface area (Å²) in [5.41, 5.74) is 1.83. The van der Waals surface area contributed by atoms with Crippen LogP contribution in [-0.2, 0) is 15.0 Å². The van der Waals surface area contributed by atoms with Crippen molar-refractivity contribution in [2.75, 3.05) is 11.4 Å². The molecule has 0 aromatic heterocycles. The number of hydrogen-bond acceptors (Lipinski definition) is 3. The van der Waals surface area contributed by atoms with Gasteiger partial charge >= 0.3 is 0 Å². The molecule has 0 aliphatic heterocycles. The minimum absolute atomic E-state index is 0.0342. The lowest BCUT2D eigenvalue weighted by Gasteiger charge is -2.30. The van der Waals surface area contributed by atoms with E-state index in [4.69, 9.17) is 4.43 Å². The van der Waals surface area contributed by atoms with Gasteiger partial charge in [-0.05, 0) is 38.4 Å². The lowest BCUT2D eigenvalue weighted by molar-refractivity contribution is -0.123. The molecule has 133 valence electrons. The van der Waals surface area contributed by atoms with E-state index in [1.165, 1.54) is 6.92 Å². The summed E-state index contributed by atoms with van der Waals surface area (Å²) in [4.78, 5) is 25.5. The minimum Gasteiger partial charge on any atom is -0.541 e. The Bertz CT molecular complexity index is 591. The van der Waals surface area contributed by atoms with Crippen molar-refractivity contribution in [3.05, 3.63) is 23.8 Å². The van der Waals surface area contributed by atoms with Crippen molar-refractivity contribution in [2.45, 2.75) is 66.0 Å². The highest BCUT2D eigenvalue weighted by atomic mass is 28.3. The maximum atomic E-state index is 12.6. The predicted octanol–water partition coefficient (Wildman–Crippen LogP) is 4.34. The summed E-state index contributed by atoms with van der Waals surface area (Å²) in [7, 11) is -0.974. The van der Waals surface area contributed by atoms with E-state index < -0.39 is 9.04 Å². The maximum Gasteiger partial charge on any atom is 0.274 e. The standard InChI is InChI=1S/C19H30NO3Si/c1-8-20(17(22)13-12-14(2)21)16-11-9-10-15(19(3,4)5)18(16)23-24(6)7/h9-11H,8,12-13H2,1-7H3. The first kappa shape index (κ1) is 20.4. The highest BCUT2D eigenvalue weighted by molar-refractivity contribution is 6.49. The average molecular weight is 349 g/mol. The highest BCUT2D eigenvalue weighted by Gasteiger charge is 2.26. The van der Waals surface area contributed by atoms with Crippen LogP contribution in [-0.4, -0.2) is 27.3 Å². The Morgan fingerprint density at radius 1 is 1.17 bits per heavy atom. The molecule has 0 aliphatic carbocycles. The van der Waals surface area contributed by atoms with Gasteiger partial charge in [0.15, 0.2) is 0 Å². The van der Waals surface area contributed by atoms with E-state index in [1.807, 2.05) is 19.1 Å². The van der Waals surface area contributed by atoms with Crippen LogP contribution in [0.3, 0.4) is 0 Å². The van der Waals surface area contributed by atoms with E-state index in [1.54, 1.807) is 4.90 Å². The first-order valence-corrected chi connectivity index (χ1v) is 10.9. The van der Waals surface area contributed by atoms with E-state index in [0.717, 1.165) is 17.0 Å². The normalized spacial score (nSPS) is 11.5. The zero-order valence-corrected chi connectivity index (χ0v) is 17.0. The van der Waals surface area contributed by atoms with Gasteiger partial charge in [-0.15, -0.1) is 0 Å². The van der Waals surface area contributed by atoms with E-state index in [9.17, 15) is 9.59 Å². The van der Waals surface area contributed by atoms with Gasteiger partial charge in [-0.2, -0.15) is 0 Å². The third-order valence-electron chi connectivity index (χ3n) is 3.71. The summed E-state index contributed by atoms with van der Waals surface area (Å²) in [6.07, 6.45) is 0.513. The number of benzene rings is 1. The molecule has 0 spiro atoms. The number of amides is 1. The van der Waals surface area contributed by atoms with Gasteiger partial charge in [0.1, 0.15) is 11.5 Å². The fourth-order valence-electron chi connectivity index (χ4n) is 2.54.